The number of amides is 1. The topological polar surface area (TPSA) is 48.7 Å². The number of hydrogen-bond acceptors (Lipinski definition) is 3. The molecule has 0 radical (unpaired) electrons. The molecule has 4 rings (SSSR count). The summed E-state index contributed by atoms with van der Waals surface area (Å²) in [5.41, 5.74) is 4.78. The lowest BCUT2D eigenvalue weighted by Crippen LogP contribution is -2.48. The molecule has 144 valence electrons. The van der Waals surface area contributed by atoms with Crippen LogP contribution in [0.4, 0.5) is 5.69 Å². The second-order valence-corrected chi connectivity index (χ2v) is 7.16. The molecule has 1 aliphatic rings. The van der Waals surface area contributed by atoms with Crippen molar-refractivity contribution in [2.75, 3.05) is 31.1 Å². The first-order valence-electron chi connectivity index (χ1n) is 9.62. The van der Waals surface area contributed by atoms with Crippen molar-refractivity contribution in [2.45, 2.75) is 6.61 Å². The van der Waals surface area contributed by atoms with Gasteiger partial charge in [-0.2, -0.15) is 0 Å². The number of aryl methyl sites for hydroxylation is 1. The molecule has 1 N–H and O–H groups in total. The first-order valence-corrected chi connectivity index (χ1v) is 9.62. The van der Waals surface area contributed by atoms with Crippen LogP contribution in [0.1, 0.15) is 15.9 Å². The zero-order chi connectivity index (χ0) is 19.5. The molecule has 0 spiro atoms. The Morgan fingerprint density at radius 2 is 1.71 bits per heavy atom. The quantitative estimate of drug-likeness (QED) is 0.762. The molecule has 5 nitrogen and oxygen atoms in total. The fourth-order valence-electron chi connectivity index (χ4n) is 3.85. The van der Waals surface area contributed by atoms with Gasteiger partial charge in [0.05, 0.1) is 17.9 Å². The Morgan fingerprint density at radius 1 is 0.964 bits per heavy atom. The minimum Gasteiger partial charge on any atom is -0.392 e. The molecule has 0 aliphatic carbocycles. The van der Waals surface area contributed by atoms with E-state index in [1.165, 1.54) is 0 Å². The standard InChI is InChI=1S/C23H25N3O2/c1-24-11-10-21(22(24)19-7-3-2-4-8-19)23(28)26-14-12-25(13-15-26)20-9-5-6-18(16-20)17-27/h2-11,16,27H,12-15,17H2,1H3. The Bertz CT molecular complexity index is 957. The third-order valence-electron chi connectivity index (χ3n) is 5.38. The fourth-order valence-corrected chi connectivity index (χ4v) is 3.85. The lowest BCUT2D eigenvalue weighted by atomic mass is 10.1. The van der Waals surface area contributed by atoms with Gasteiger partial charge < -0.3 is 19.5 Å². The maximum atomic E-state index is 13.2. The predicted molar refractivity (Wildman–Crippen MR) is 111 cm³/mol. The molecule has 1 fully saturated rings. The van der Waals surface area contributed by atoms with Gasteiger partial charge in [-0.15, -0.1) is 0 Å². The van der Waals surface area contributed by atoms with Crippen LogP contribution in [-0.4, -0.2) is 46.7 Å². The average molecular weight is 375 g/mol. The van der Waals surface area contributed by atoms with Crippen LogP contribution < -0.4 is 4.90 Å². The molecule has 3 aromatic rings. The van der Waals surface area contributed by atoms with Crippen molar-refractivity contribution in [1.82, 2.24) is 9.47 Å². The summed E-state index contributed by atoms with van der Waals surface area (Å²) in [5, 5.41) is 9.35. The molecule has 1 amide bonds. The number of carbonyl (C=O) groups is 1. The van der Waals surface area contributed by atoms with Crippen LogP contribution in [0.2, 0.25) is 0 Å². The number of anilines is 1. The second-order valence-electron chi connectivity index (χ2n) is 7.16. The van der Waals surface area contributed by atoms with Crippen LogP contribution in [0.25, 0.3) is 11.3 Å². The first-order chi connectivity index (χ1) is 13.7. The van der Waals surface area contributed by atoms with Crippen LogP contribution in [0.15, 0.2) is 66.9 Å². The van der Waals surface area contributed by atoms with Crippen LogP contribution in [0, 0.1) is 0 Å². The number of aliphatic hydroxyl groups excluding tert-OH is 1. The molecular formula is C23H25N3O2. The lowest BCUT2D eigenvalue weighted by molar-refractivity contribution is 0.0747. The highest BCUT2D eigenvalue weighted by Gasteiger charge is 2.25. The van der Waals surface area contributed by atoms with E-state index in [9.17, 15) is 9.90 Å². The Kier molecular flexibility index (Phi) is 5.17. The van der Waals surface area contributed by atoms with Gasteiger partial charge in [0.2, 0.25) is 0 Å². The summed E-state index contributed by atoms with van der Waals surface area (Å²) in [6.07, 6.45) is 1.95. The monoisotopic (exact) mass is 375 g/mol. The van der Waals surface area contributed by atoms with E-state index in [0.29, 0.717) is 13.1 Å². The van der Waals surface area contributed by atoms with Crippen molar-refractivity contribution in [3.63, 3.8) is 0 Å². The van der Waals surface area contributed by atoms with Crippen molar-refractivity contribution in [2.24, 2.45) is 7.05 Å². The maximum absolute atomic E-state index is 13.2. The molecule has 1 aliphatic heterocycles. The number of aromatic nitrogens is 1. The van der Waals surface area contributed by atoms with Crippen LogP contribution in [0.5, 0.6) is 0 Å². The van der Waals surface area contributed by atoms with E-state index in [-0.39, 0.29) is 12.5 Å². The minimum atomic E-state index is 0.0442. The van der Waals surface area contributed by atoms with Crippen molar-refractivity contribution in [3.8, 4) is 11.3 Å². The van der Waals surface area contributed by atoms with Crippen molar-refractivity contribution in [3.05, 3.63) is 78.0 Å². The summed E-state index contributed by atoms with van der Waals surface area (Å²) >= 11 is 0. The zero-order valence-electron chi connectivity index (χ0n) is 16.1. The zero-order valence-corrected chi connectivity index (χ0v) is 16.1. The van der Waals surface area contributed by atoms with Crippen LogP contribution >= 0.6 is 0 Å². The van der Waals surface area contributed by atoms with E-state index in [4.69, 9.17) is 0 Å². The Labute approximate surface area is 165 Å². The largest absolute Gasteiger partial charge is 0.392 e. The molecule has 2 heterocycles. The molecular weight excluding hydrogens is 350 g/mol. The third kappa shape index (κ3) is 3.53. The number of aliphatic hydroxyl groups is 1. The number of hydrogen-bond donors (Lipinski definition) is 1. The minimum absolute atomic E-state index is 0.0442. The molecule has 2 aromatic carbocycles. The van der Waals surface area contributed by atoms with E-state index >= 15 is 0 Å². The summed E-state index contributed by atoms with van der Waals surface area (Å²) in [7, 11) is 1.98. The SMILES string of the molecule is Cn1ccc(C(=O)N2CCN(c3cccc(CO)c3)CC2)c1-c1ccccc1. The summed E-state index contributed by atoms with van der Waals surface area (Å²) in [6, 6.07) is 19.9. The highest BCUT2D eigenvalue weighted by Crippen LogP contribution is 2.26. The average Bonchev–Trinajstić information content (AvgIpc) is 3.15. The van der Waals surface area contributed by atoms with Gasteiger partial charge in [0.1, 0.15) is 0 Å². The molecule has 5 heteroatoms. The Morgan fingerprint density at radius 3 is 2.43 bits per heavy atom. The number of piperazine rings is 1. The Hall–Kier alpha value is -3.05. The Balaban J connectivity index is 1.49. The van der Waals surface area contributed by atoms with E-state index < -0.39 is 0 Å². The van der Waals surface area contributed by atoms with Gasteiger partial charge in [-0.1, -0.05) is 42.5 Å². The van der Waals surface area contributed by atoms with Crippen molar-refractivity contribution < 1.29 is 9.90 Å². The van der Waals surface area contributed by atoms with Gasteiger partial charge in [-0.05, 0) is 29.3 Å². The van der Waals surface area contributed by atoms with E-state index in [1.807, 2.05) is 77.3 Å². The van der Waals surface area contributed by atoms with E-state index in [0.717, 1.165) is 41.2 Å². The third-order valence-corrected chi connectivity index (χ3v) is 5.38. The molecule has 0 unspecified atom stereocenters. The van der Waals surface area contributed by atoms with Crippen molar-refractivity contribution in [1.29, 1.82) is 0 Å². The maximum Gasteiger partial charge on any atom is 0.256 e. The van der Waals surface area contributed by atoms with Gasteiger partial charge in [-0.25, -0.2) is 0 Å². The molecule has 1 aromatic heterocycles. The smallest absolute Gasteiger partial charge is 0.256 e. The summed E-state index contributed by atoms with van der Waals surface area (Å²) in [5.74, 6) is 0.0863. The fraction of sp³-hybridized carbons (Fsp3) is 0.261. The lowest BCUT2D eigenvalue weighted by Gasteiger charge is -2.36. The van der Waals surface area contributed by atoms with E-state index in [1.54, 1.807) is 0 Å². The predicted octanol–water partition coefficient (Wildman–Crippen LogP) is 3.15. The van der Waals surface area contributed by atoms with Gasteiger partial charge in [0.25, 0.3) is 5.91 Å². The normalized spacial score (nSPS) is 14.4. The number of carbonyl (C=O) groups excluding carboxylic acids is 1. The van der Waals surface area contributed by atoms with Gasteiger partial charge in [0, 0.05) is 45.1 Å². The van der Waals surface area contributed by atoms with Gasteiger partial charge >= 0.3 is 0 Å². The number of nitrogens with zero attached hydrogens (tertiary/aromatic N) is 3. The second kappa shape index (κ2) is 7.90. The van der Waals surface area contributed by atoms with Gasteiger partial charge in [-0.3, -0.25) is 4.79 Å². The highest BCUT2D eigenvalue weighted by atomic mass is 16.3. The summed E-state index contributed by atoms with van der Waals surface area (Å²) < 4.78 is 2.01. The summed E-state index contributed by atoms with van der Waals surface area (Å²) in [4.78, 5) is 17.4. The number of benzene rings is 2. The number of rotatable bonds is 4. The molecule has 28 heavy (non-hydrogen) atoms. The molecule has 0 atom stereocenters. The molecule has 0 bridgehead atoms. The van der Waals surface area contributed by atoms with Gasteiger partial charge in [0.15, 0.2) is 0 Å². The molecule has 1 saturated heterocycles. The van der Waals surface area contributed by atoms with Crippen LogP contribution in [-0.2, 0) is 13.7 Å². The van der Waals surface area contributed by atoms with E-state index in [2.05, 4.69) is 11.0 Å². The van der Waals surface area contributed by atoms with Crippen LogP contribution in [0.3, 0.4) is 0 Å². The van der Waals surface area contributed by atoms with Crippen molar-refractivity contribution >= 4 is 11.6 Å². The first kappa shape index (κ1) is 18.3. The highest BCUT2D eigenvalue weighted by molar-refractivity contribution is 6.00. The summed E-state index contributed by atoms with van der Waals surface area (Å²) in [6.45, 7) is 2.99. The molecule has 0 saturated carbocycles.